The molecule has 0 aliphatic rings. The molecule has 1 aromatic carbocycles. The minimum Gasteiger partial charge on any atom is -0.412 e. The van der Waals surface area contributed by atoms with Crippen molar-refractivity contribution in [2.75, 3.05) is 5.73 Å². The molecule has 0 spiro atoms. The fraction of sp³-hybridized carbons (Fsp3) is 0. The first-order valence-corrected chi connectivity index (χ1v) is 2.40. The monoisotopic (exact) mass is 139 g/mol. The van der Waals surface area contributed by atoms with Crippen LogP contribution in [-0.4, -0.2) is 18.8 Å². The van der Waals surface area contributed by atoms with Crippen molar-refractivity contribution in [3.05, 3.63) is 24.3 Å². The van der Waals surface area contributed by atoms with Crippen molar-refractivity contribution < 1.29 is 11.0 Å². The lowest BCUT2D eigenvalue weighted by Gasteiger charge is -1.91. The second kappa shape index (κ2) is 4.84. The zero-order chi connectivity index (χ0) is 5.98. The van der Waals surface area contributed by atoms with Crippen LogP contribution in [0.3, 0.4) is 0 Å². The third-order valence-electron chi connectivity index (χ3n) is 0.911. The number of benzene rings is 1. The average Bonchev–Trinajstić information content (AvgIpc) is 1.64. The number of hydrogen-bond donors (Lipinski definition) is 1. The van der Waals surface area contributed by atoms with Crippen LogP contribution in [0.1, 0.15) is 0 Å². The second-order valence-electron chi connectivity index (χ2n) is 1.67. The molecule has 0 aliphatic carbocycles. The van der Waals surface area contributed by atoms with Gasteiger partial charge >= 0.3 is 0 Å². The lowest BCUT2D eigenvalue weighted by molar-refractivity contribution is 0.823. The SMILES string of the molecule is O.O.[B]c1cccc(N)c1. The molecule has 2 radical (unpaired) electrons. The molecule has 0 saturated carbocycles. The highest BCUT2D eigenvalue weighted by molar-refractivity contribution is 6.32. The van der Waals surface area contributed by atoms with Gasteiger partial charge in [0, 0.05) is 5.69 Å². The maximum absolute atomic E-state index is 5.38. The molecule has 0 unspecified atom stereocenters. The summed E-state index contributed by atoms with van der Waals surface area (Å²) in [7, 11) is 5.38. The first kappa shape index (κ1) is 11.8. The minimum absolute atomic E-state index is 0. The normalized spacial score (nSPS) is 7.20. The van der Waals surface area contributed by atoms with Crippen LogP contribution < -0.4 is 11.2 Å². The Morgan fingerprint density at radius 2 is 1.80 bits per heavy atom. The Hall–Kier alpha value is -0.995. The third-order valence-corrected chi connectivity index (χ3v) is 0.911. The smallest absolute Gasteiger partial charge is 0.113 e. The largest absolute Gasteiger partial charge is 0.412 e. The molecule has 0 heterocycles. The molecular formula is C6H10BNO2. The van der Waals surface area contributed by atoms with E-state index in [2.05, 4.69) is 0 Å². The lowest BCUT2D eigenvalue weighted by Crippen LogP contribution is -2.01. The van der Waals surface area contributed by atoms with Gasteiger partial charge in [0.2, 0.25) is 0 Å². The summed E-state index contributed by atoms with van der Waals surface area (Å²) < 4.78 is 0. The summed E-state index contributed by atoms with van der Waals surface area (Å²) in [5, 5.41) is 0. The molecule has 0 bridgehead atoms. The molecule has 0 amide bonds. The first-order chi connectivity index (χ1) is 3.79. The van der Waals surface area contributed by atoms with Crippen LogP contribution in [0, 0.1) is 0 Å². The molecule has 0 fully saturated rings. The molecule has 0 saturated heterocycles. The van der Waals surface area contributed by atoms with Crippen LogP contribution in [0.15, 0.2) is 24.3 Å². The number of hydrogen-bond acceptors (Lipinski definition) is 1. The molecule has 3 nitrogen and oxygen atoms in total. The number of nitrogens with two attached hydrogens (primary N) is 1. The van der Waals surface area contributed by atoms with Crippen LogP contribution in [-0.2, 0) is 0 Å². The predicted molar refractivity (Wildman–Crippen MR) is 43.5 cm³/mol. The van der Waals surface area contributed by atoms with Crippen LogP contribution in [0.2, 0.25) is 0 Å². The highest BCUT2D eigenvalue weighted by Crippen LogP contribution is 1.93. The molecule has 4 heteroatoms. The molecule has 1 rings (SSSR count). The van der Waals surface area contributed by atoms with Crippen LogP contribution in [0.5, 0.6) is 0 Å². The van der Waals surface area contributed by atoms with Gasteiger partial charge in [0.15, 0.2) is 0 Å². The molecule has 6 N–H and O–H groups in total. The van der Waals surface area contributed by atoms with E-state index in [4.69, 9.17) is 13.6 Å². The third kappa shape index (κ3) is 3.12. The summed E-state index contributed by atoms with van der Waals surface area (Å²) in [6.45, 7) is 0. The Morgan fingerprint density at radius 1 is 1.20 bits per heavy atom. The van der Waals surface area contributed by atoms with E-state index >= 15 is 0 Å². The van der Waals surface area contributed by atoms with Crippen LogP contribution >= 0.6 is 0 Å². The van der Waals surface area contributed by atoms with Crippen molar-refractivity contribution in [1.29, 1.82) is 0 Å². The first-order valence-electron chi connectivity index (χ1n) is 2.40. The van der Waals surface area contributed by atoms with Gasteiger partial charge in [0.25, 0.3) is 0 Å². The van der Waals surface area contributed by atoms with Crippen molar-refractivity contribution in [1.82, 2.24) is 0 Å². The van der Waals surface area contributed by atoms with Gasteiger partial charge in [0.05, 0.1) is 0 Å². The van der Waals surface area contributed by atoms with Crippen molar-refractivity contribution in [2.45, 2.75) is 0 Å². The highest BCUT2D eigenvalue weighted by atomic mass is 16.0. The Morgan fingerprint density at radius 3 is 2.10 bits per heavy atom. The van der Waals surface area contributed by atoms with Crippen molar-refractivity contribution in [3.8, 4) is 0 Å². The topological polar surface area (TPSA) is 89.0 Å². The predicted octanol–water partition coefficient (Wildman–Crippen LogP) is -1.59. The van der Waals surface area contributed by atoms with Gasteiger partial charge in [-0.05, 0) is 12.1 Å². The molecule has 1 aromatic rings. The fourth-order valence-electron chi connectivity index (χ4n) is 0.559. The van der Waals surface area contributed by atoms with Crippen LogP contribution in [0.25, 0.3) is 0 Å². The van der Waals surface area contributed by atoms with Gasteiger partial charge in [-0.3, -0.25) is 0 Å². The average molecular weight is 139 g/mol. The summed E-state index contributed by atoms with van der Waals surface area (Å²) in [5.74, 6) is 0. The van der Waals surface area contributed by atoms with Gasteiger partial charge in [-0.2, -0.15) is 0 Å². The quantitative estimate of drug-likeness (QED) is 0.340. The molecule has 0 atom stereocenters. The molecule has 0 aliphatic heterocycles. The van der Waals surface area contributed by atoms with E-state index in [0.717, 1.165) is 0 Å². The Balaban J connectivity index is 0. The maximum atomic E-state index is 5.38. The lowest BCUT2D eigenvalue weighted by atomic mass is 9.96. The van der Waals surface area contributed by atoms with Gasteiger partial charge in [-0.15, -0.1) is 0 Å². The molecule has 54 valence electrons. The molecular weight excluding hydrogens is 129 g/mol. The van der Waals surface area contributed by atoms with E-state index in [9.17, 15) is 0 Å². The Kier molecular flexibility index (Phi) is 5.70. The summed E-state index contributed by atoms with van der Waals surface area (Å²) in [5.41, 5.74) is 6.80. The van der Waals surface area contributed by atoms with E-state index in [1.165, 1.54) is 0 Å². The van der Waals surface area contributed by atoms with Crippen molar-refractivity contribution in [2.24, 2.45) is 0 Å². The van der Waals surface area contributed by atoms with Crippen molar-refractivity contribution in [3.63, 3.8) is 0 Å². The van der Waals surface area contributed by atoms with Crippen molar-refractivity contribution >= 4 is 19.0 Å². The van der Waals surface area contributed by atoms with E-state index in [1.54, 1.807) is 18.2 Å². The zero-order valence-corrected chi connectivity index (χ0v) is 5.46. The molecule has 10 heavy (non-hydrogen) atoms. The van der Waals surface area contributed by atoms with E-state index in [-0.39, 0.29) is 11.0 Å². The van der Waals surface area contributed by atoms with Gasteiger partial charge < -0.3 is 16.7 Å². The fourth-order valence-corrected chi connectivity index (χ4v) is 0.559. The van der Waals surface area contributed by atoms with E-state index in [1.807, 2.05) is 6.07 Å². The zero-order valence-electron chi connectivity index (χ0n) is 5.46. The summed E-state index contributed by atoms with van der Waals surface area (Å²) in [4.78, 5) is 0. The van der Waals surface area contributed by atoms with Gasteiger partial charge in [0.1, 0.15) is 7.85 Å². The second-order valence-corrected chi connectivity index (χ2v) is 1.67. The maximum Gasteiger partial charge on any atom is 0.113 e. The van der Waals surface area contributed by atoms with Gasteiger partial charge in [-0.25, -0.2) is 0 Å². The Bertz CT molecular complexity index is 176. The summed E-state index contributed by atoms with van der Waals surface area (Å²) in [6.07, 6.45) is 0. The summed E-state index contributed by atoms with van der Waals surface area (Å²) >= 11 is 0. The van der Waals surface area contributed by atoms with Gasteiger partial charge in [-0.1, -0.05) is 17.6 Å². The number of rotatable bonds is 0. The minimum atomic E-state index is 0. The number of anilines is 1. The highest BCUT2D eigenvalue weighted by Gasteiger charge is 1.80. The standard InChI is InChI=1S/C6H6BN.2H2O/c7-5-2-1-3-6(8)4-5;;/h1-4H,8H2;2*1H2. The number of nitrogen functional groups attached to an aromatic ring is 1. The molecule has 0 aromatic heterocycles. The van der Waals surface area contributed by atoms with Crippen LogP contribution in [0.4, 0.5) is 5.69 Å². The van der Waals surface area contributed by atoms with E-state index in [0.29, 0.717) is 11.2 Å². The summed E-state index contributed by atoms with van der Waals surface area (Å²) in [6, 6.07) is 7.15. The van der Waals surface area contributed by atoms with E-state index < -0.39 is 0 Å². The Labute approximate surface area is 60.9 Å².